The van der Waals surface area contributed by atoms with E-state index in [0.29, 0.717) is 53.5 Å². The lowest BCUT2D eigenvalue weighted by Crippen LogP contribution is -2.36. The molecule has 0 aromatic heterocycles. The molecular weight excluding hydrogens is 606 g/mol. The Morgan fingerprint density at radius 2 is 1.46 bits per heavy atom. The lowest BCUT2D eigenvalue weighted by molar-refractivity contribution is -0.140. The Bertz CT molecular complexity index is 1810. The van der Waals surface area contributed by atoms with Gasteiger partial charge in [0.15, 0.2) is 17.3 Å². The molecule has 0 fully saturated rings. The van der Waals surface area contributed by atoms with Crippen molar-refractivity contribution in [3.63, 3.8) is 0 Å². The second-order valence-electron chi connectivity index (χ2n) is 11.8. The van der Waals surface area contributed by atoms with Gasteiger partial charge in [0, 0.05) is 29.3 Å². The number of hydrogen-bond donors (Lipinski definition) is 1. The first-order valence-electron chi connectivity index (χ1n) is 16.0. The van der Waals surface area contributed by atoms with E-state index in [1.165, 1.54) is 0 Å². The van der Waals surface area contributed by atoms with Gasteiger partial charge in [-0.2, -0.15) is 0 Å². The molecule has 0 spiro atoms. The van der Waals surface area contributed by atoms with Gasteiger partial charge in [0.2, 0.25) is 0 Å². The third-order valence-corrected chi connectivity index (χ3v) is 8.72. The predicted molar refractivity (Wildman–Crippen MR) is 182 cm³/mol. The number of esters is 1. The highest BCUT2D eigenvalue weighted by Gasteiger charge is 2.41. The average molecular weight is 646 g/mol. The fourth-order valence-corrected chi connectivity index (χ4v) is 6.36. The summed E-state index contributed by atoms with van der Waals surface area (Å²) in [5, 5.41) is 3.42. The van der Waals surface area contributed by atoms with Crippen LogP contribution in [-0.4, -0.2) is 39.2 Å². The first kappa shape index (κ1) is 32.4. The third kappa shape index (κ3) is 7.23. The van der Waals surface area contributed by atoms with E-state index >= 15 is 0 Å². The molecule has 0 saturated heterocycles. The molecule has 1 aliphatic heterocycles. The minimum Gasteiger partial charge on any atom is -0.497 e. The number of para-hydroxylation sites is 1. The number of benzene rings is 4. The Kier molecular flexibility index (Phi) is 10.1. The maximum Gasteiger partial charge on any atom is 0.336 e. The second-order valence-corrected chi connectivity index (χ2v) is 11.8. The summed E-state index contributed by atoms with van der Waals surface area (Å²) in [4.78, 5) is 28.0. The molecule has 2 atom stereocenters. The van der Waals surface area contributed by atoms with Gasteiger partial charge in [-0.3, -0.25) is 4.79 Å². The van der Waals surface area contributed by atoms with E-state index in [0.717, 1.165) is 28.1 Å². The van der Waals surface area contributed by atoms with E-state index in [2.05, 4.69) is 5.32 Å². The lowest BCUT2D eigenvalue weighted by atomic mass is 9.71. The van der Waals surface area contributed by atoms with E-state index in [4.69, 9.17) is 23.7 Å². The monoisotopic (exact) mass is 645 g/mol. The van der Waals surface area contributed by atoms with Crippen LogP contribution >= 0.6 is 0 Å². The van der Waals surface area contributed by atoms with Crippen LogP contribution in [0.5, 0.6) is 23.0 Å². The molecule has 1 N–H and O–H groups in total. The molecule has 1 aliphatic carbocycles. The van der Waals surface area contributed by atoms with E-state index in [1.54, 1.807) is 14.2 Å². The van der Waals surface area contributed by atoms with Crippen molar-refractivity contribution in [3.05, 3.63) is 142 Å². The molecule has 0 bridgehead atoms. The van der Waals surface area contributed by atoms with Gasteiger partial charge in [-0.15, -0.1) is 0 Å². The van der Waals surface area contributed by atoms with E-state index in [-0.39, 0.29) is 24.9 Å². The van der Waals surface area contributed by atoms with Crippen molar-refractivity contribution in [3.8, 4) is 23.0 Å². The zero-order chi connectivity index (χ0) is 33.5. The molecule has 1 heterocycles. The maximum absolute atomic E-state index is 14.1. The number of rotatable bonds is 12. The second kappa shape index (κ2) is 14.9. The Morgan fingerprint density at radius 3 is 2.17 bits per heavy atom. The highest BCUT2D eigenvalue weighted by atomic mass is 16.6. The molecule has 246 valence electrons. The van der Waals surface area contributed by atoms with E-state index in [9.17, 15) is 9.59 Å². The highest BCUT2D eigenvalue weighted by molar-refractivity contribution is 6.04. The fourth-order valence-electron chi connectivity index (χ4n) is 6.36. The van der Waals surface area contributed by atoms with Gasteiger partial charge in [0.1, 0.15) is 31.3 Å². The molecule has 8 heteroatoms. The number of methoxy groups -OCH3 is 2. The van der Waals surface area contributed by atoms with Crippen LogP contribution in [0, 0.1) is 0 Å². The minimum absolute atomic E-state index is 0.0185. The van der Waals surface area contributed by atoms with Crippen molar-refractivity contribution in [1.82, 2.24) is 5.32 Å². The van der Waals surface area contributed by atoms with Crippen LogP contribution in [0.2, 0.25) is 0 Å². The summed E-state index contributed by atoms with van der Waals surface area (Å²) < 4.78 is 28.7. The molecule has 48 heavy (non-hydrogen) atoms. The van der Waals surface area contributed by atoms with Gasteiger partial charge in [-0.05, 0) is 72.4 Å². The smallest absolute Gasteiger partial charge is 0.336 e. The fraction of sp³-hybridized carbons (Fsp3) is 0.250. The summed E-state index contributed by atoms with van der Waals surface area (Å²) in [5.41, 5.74) is 5.21. The molecule has 0 amide bonds. The van der Waals surface area contributed by atoms with Crippen LogP contribution < -0.4 is 24.3 Å². The summed E-state index contributed by atoms with van der Waals surface area (Å²) in [6, 6.07) is 32.6. The van der Waals surface area contributed by atoms with Gasteiger partial charge < -0.3 is 29.0 Å². The Morgan fingerprint density at radius 1 is 0.750 bits per heavy atom. The number of carbonyl (C=O) groups is 2. The molecule has 4 aromatic rings. The molecule has 6 rings (SSSR count). The SMILES string of the molecule is COc1ccc(C2CC(=O)C3=C(C2)NC(C)=C(C(=O)OCCOc2ccccc2)C3c2ccc(OCc3ccccc3)c(OC)c2)cc1. The average Bonchev–Trinajstić information content (AvgIpc) is 3.12. The molecular formula is C40H39NO7. The van der Waals surface area contributed by atoms with Gasteiger partial charge in [-0.1, -0.05) is 66.7 Å². The van der Waals surface area contributed by atoms with Crippen molar-refractivity contribution in [2.45, 2.75) is 38.2 Å². The van der Waals surface area contributed by atoms with E-state index < -0.39 is 11.9 Å². The minimum atomic E-state index is -0.662. The first-order valence-corrected chi connectivity index (χ1v) is 16.0. The number of dihydropyridines is 1. The number of carbonyl (C=O) groups excluding carboxylic acids is 2. The largest absolute Gasteiger partial charge is 0.497 e. The molecule has 8 nitrogen and oxygen atoms in total. The van der Waals surface area contributed by atoms with Crippen molar-refractivity contribution < 1.29 is 33.3 Å². The molecule has 4 aromatic carbocycles. The van der Waals surface area contributed by atoms with Crippen molar-refractivity contribution in [2.75, 3.05) is 27.4 Å². The molecule has 2 unspecified atom stereocenters. The molecule has 2 aliphatic rings. The molecule has 0 radical (unpaired) electrons. The summed E-state index contributed by atoms with van der Waals surface area (Å²) >= 11 is 0. The van der Waals surface area contributed by atoms with Crippen LogP contribution in [0.25, 0.3) is 0 Å². The number of allylic oxidation sites excluding steroid dienone is 3. The zero-order valence-electron chi connectivity index (χ0n) is 27.4. The van der Waals surface area contributed by atoms with Crippen molar-refractivity contribution in [1.29, 1.82) is 0 Å². The number of ether oxygens (including phenoxy) is 5. The van der Waals surface area contributed by atoms with Crippen molar-refractivity contribution >= 4 is 11.8 Å². The quantitative estimate of drug-likeness (QED) is 0.127. The summed E-state index contributed by atoms with van der Waals surface area (Å²) in [6.07, 6.45) is 0.926. The summed E-state index contributed by atoms with van der Waals surface area (Å²) in [7, 11) is 3.21. The summed E-state index contributed by atoms with van der Waals surface area (Å²) in [5.74, 6) is 1.30. The van der Waals surface area contributed by atoms with Gasteiger partial charge >= 0.3 is 5.97 Å². The van der Waals surface area contributed by atoms with Crippen LogP contribution in [0.4, 0.5) is 0 Å². The van der Waals surface area contributed by atoms with E-state index in [1.807, 2.05) is 110 Å². The lowest BCUT2D eigenvalue weighted by Gasteiger charge is -2.37. The predicted octanol–water partition coefficient (Wildman–Crippen LogP) is 7.27. The Balaban J connectivity index is 1.30. The van der Waals surface area contributed by atoms with Crippen LogP contribution in [0.1, 0.15) is 48.3 Å². The number of nitrogens with one attached hydrogen (secondary N) is 1. The third-order valence-electron chi connectivity index (χ3n) is 8.72. The van der Waals surface area contributed by atoms with Crippen LogP contribution in [0.15, 0.2) is 126 Å². The standard InChI is InChI=1S/C40H39NO7/c1-26-37(40(43)47-21-20-46-32-12-8-5-9-13-32)38(29-16-19-35(36(24-29)45-3)48-25-27-10-6-4-7-11-27)39-33(41-26)22-30(23-34(39)42)28-14-17-31(44-2)18-15-28/h4-19,24,30,38,41H,20-23,25H2,1-3H3. The first-order chi connectivity index (χ1) is 23.4. The number of Topliss-reactive ketones (excluding diaryl/α,β-unsaturated/α-hetero) is 1. The highest BCUT2D eigenvalue weighted by Crippen LogP contribution is 2.47. The van der Waals surface area contributed by atoms with Crippen LogP contribution in [-0.2, 0) is 20.9 Å². The molecule has 0 saturated carbocycles. The van der Waals surface area contributed by atoms with Gasteiger partial charge in [0.05, 0.1) is 19.8 Å². The van der Waals surface area contributed by atoms with Crippen molar-refractivity contribution in [2.24, 2.45) is 0 Å². The van der Waals surface area contributed by atoms with Gasteiger partial charge in [0.25, 0.3) is 0 Å². The Hall–Kier alpha value is -5.50. The van der Waals surface area contributed by atoms with Crippen LogP contribution in [0.3, 0.4) is 0 Å². The van der Waals surface area contributed by atoms with Gasteiger partial charge in [-0.25, -0.2) is 4.79 Å². The maximum atomic E-state index is 14.1. The number of ketones is 1. The normalized spacial score (nSPS) is 17.3. The Labute approximate surface area is 280 Å². The zero-order valence-corrected chi connectivity index (χ0v) is 27.4. The summed E-state index contributed by atoms with van der Waals surface area (Å²) in [6.45, 7) is 2.46. The topological polar surface area (TPSA) is 92.3 Å². The number of hydrogen-bond acceptors (Lipinski definition) is 8.